The molecule has 7 heteroatoms. The van der Waals surface area contributed by atoms with Gasteiger partial charge in [-0.1, -0.05) is 6.92 Å². The molecule has 0 aliphatic rings. The summed E-state index contributed by atoms with van der Waals surface area (Å²) in [5.41, 5.74) is 0.631. The van der Waals surface area contributed by atoms with Crippen LogP contribution in [0.25, 0.3) is 0 Å². The van der Waals surface area contributed by atoms with E-state index >= 15 is 0 Å². The molecule has 0 aliphatic carbocycles. The Bertz CT molecular complexity index is 483. The van der Waals surface area contributed by atoms with Crippen LogP contribution < -0.4 is 4.72 Å². The van der Waals surface area contributed by atoms with Crippen molar-refractivity contribution in [3.8, 4) is 0 Å². The highest BCUT2D eigenvalue weighted by Gasteiger charge is 2.17. The summed E-state index contributed by atoms with van der Waals surface area (Å²) in [7, 11) is -3.46. The van der Waals surface area contributed by atoms with Gasteiger partial charge in [-0.05, 0) is 30.9 Å². The SMILES string of the molecule is CCCn1cc(S(=O)(=O)NCCCSC)cc1CO. The van der Waals surface area contributed by atoms with Gasteiger partial charge < -0.3 is 9.67 Å². The maximum absolute atomic E-state index is 12.1. The predicted octanol–water partition coefficient (Wildman–Crippen LogP) is 1.42. The molecule has 0 bridgehead atoms. The Balaban J connectivity index is 2.77. The number of nitrogens with one attached hydrogen (secondary N) is 1. The summed E-state index contributed by atoms with van der Waals surface area (Å²) in [6.07, 6.45) is 5.28. The number of rotatable bonds is 9. The van der Waals surface area contributed by atoms with Crippen LogP contribution >= 0.6 is 11.8 Å². The number of sulfonamides is 1. The van der Waals surface area contributed by atoms with Crippen molar-refractivity contribution in [1.82, 2.24) is 9.29 Å². The quantitative estimate of drug-likeness (QED) is 0.677. The van der Waals surface area contributed by atoms with Crippen LogP contribution in [0.5, 0.6) is 0 Å². The first kappa shape index (κ1) is 16.6. The molecule has 2 N–H and O–H groups in total. The summed E-state index contributed by atoms with van der Waals surface area (Å²) in [5.74, 6) is 0.932. The molecule has 0 spiro atoms. The summed E-state index contributed by atoms with van der Waals surface area (Å²) in [6.45, 7) is 3.01. The minimum Gasteiger partial charge on any atom is -0.390 e. The Labute approximate surface area is 119 Å². The molecule has 1 heterocycles. The highest BCUT2D eigenvalue weighted by molar-refractivity contribution is 7.98. The molecule has 0 fully saturated rings. The Hall–Kier alpha value is -0.500. The Morgan fingerprint density at radius 2 is 2.21 bits per heavy atom. The van der Waals surface area contributed by atoms with E-state index in [0.29, 0.717) is 18.8 Å². The number of hydrogen-bond donors (Lipinski definition) is 2. The molecule has 0 unspecified atom stereocenters. The zero-order chi connectivity index (χ0) is 14.3. The zero-order valence-corrected chi connectivity index (χ0v) is 13.1. The monoisotopic (exact) mass is 306 g/mol. The lowest BCUT2D eigenvalue weighted by atomic mass is 10.4. The van der Waals surface area contributed by atoms with Gasteiger partial charge in [-0.15, -0.1) is 0 Å². The van der Waals surface area contributed by atoms with E-state index in [9.17, 15) is 13.5 Å². The lowest BCUT2D eigenvalue weighted by molar-refractivity contribution is 0.270. The van der Waals surface area contributed by atoms with Crippen molar-refractivity contribution in [3.05, 3.63) is 18.0 Å². The summed E-state index contributed by atoms with van der Waals surface area (Å²) >= 11 is 1.69. The van der Waals surface area contributed by atoms with Crippen LogP contribution in [0.3, 0.4) is 0 Å². The fourth-order valence-electron chi connectivity index (χ4n) is 1.76. The molecule has 0 radical (unpaired) electrons. The van der Waals surface area contributed by atoms with Gasteiger partial charge in [-0.25, -0.2) is 13.1 Å². The van der Waals surface area contributed by atoms with Crippen molar-refractivity contribution < 1.29 is 13.5 Å². The standard InChI is InChI=1S/C12H22N2O3S2/c1-3-6-14-9-12(8-11(14)10-15)19(16,17)13-5-4-7-18-2/h8-9,13,15H,3-7,10H2,1-2H3. The molecular formula is C12H22N2O3S2. The van der Waals surface area contributed by atoms with Gasteiger partial charge in [0.15, 0.2) is 0 Å². The fourth-order valence-corrected chi connectivity index (χ4v) is 3.33. The van der Waals surface area contributed by atoms with Gasteiger partial charge in [0.25, 0.3) is 0 Å². The smallest absolute Gasteiger partial charge is 0.242 e. The van der Waals surface area contributed by atoms with Gasteiger partial charge >= 0.3 is 0 Å². The molecule has 0 atom stereocenters. The summed E-state index contributed by atoms with van der Waals surface area (Å²) in [5, 5.41) is 9.23. The van der Waals surface area contributed by atoms with Crippen molar-refractivity contribution in [2.45, 2.75) is 37.8 Å². The van der Waals surface area contributed by atoms with Gasteiger partial charge in [0.2, 0.25) is 10.0 Å². The molecule has 0 saturated carbocycles. The van der Waals surface area contributed by atoms with Gasteiger partial charge in [0, 0.05) is 25.0 Å². The van der Waals surface area contributed by atoms with Gasteiger partial charge in [0.05, 0.1) is 11.5 Å². The molecule has 1 aromatic heterocycles. The van der Waals surface area contributed by atoms with Crippen molar-refractivity contribution >= 4 is 21.8 Å². The third kappa shape index (κ3) is 4.83. The first-order chi connectivity index (χ1) is 9.05. The molecular weight excluding hydrogens is 284 g/mol. The normalized spacial score (nSPS) is 11.9. The van der Waals surface area contributed by atoms with E-state index in [1.165, 1.54) is 6.07 Å². The molecule has 0 aromatic carbocycles. The van der Waals surface area contributed by atoms with Crippen molar-refractivity contribution in [1.29, 1.82) is 0 Å². The Morgan fingerprint density at radius 1 is 1.47 bits per heavy atom. The number of nitrogens with zero attached hydrogens (tertiary/aromatic N) is 1. The predicted molar refractivity (Wildman–Crippen MR) is 78.8 cm³/mol. The topological polar surface area (TPSA) is 71.3 Å². The van der Waals surface area contributed by atoms with Crippen molar-refractivity contribution in [2.24, 2.45) is 0 Å². The van der Waals surface area contributed by atoms with E-state index < -0.39 is 10.0 Å². The van der Waals surface area contributed by atoms with Crippen molar-refractivity contribution in [2.75, 3.05) is 18.6 Å². The molecule has 0 saturated heterocycles. The van der Waals surface area contributed by atoms with Crippen LogP contribution in [0.15, 0.2) is 17.2 Å². The summed E-state index contributed by atoms with van der Waals surface area (Å²) in [4.78, 5) is 0.231. The number of thioether (sulfide) groups is 1. The number of aliphatic hydroxyl groups is 1. The van der Waals surface area contributed by atoms with Gasteiger partial charge in [0.1, 0.15) is 0 Å². The van der Waals surface area contributed by atoms with E-state index in [1.807, 2.05) is 13.2 Å². The van der Waals surface area contributed by atoms with Crippen LogP contribution in [0, 0.1) is 0 Å². The number of aromatic nitrogens is 1. The molecule has 1 rings (SSSR count). The second-order valence-electron chi connectivity index (χ2n) is 4.26. The van der Waals surface area contributed by atoms with E-state index in [-0.39, 0.29) is 11.5 Å². The lowest BCUT2D eigenvalue weighted by Gasteiger charge is -2.04. The molecule has 19 heavy (non-hydrogen) atoms. The minimum atomic E-state index is -3.46. The highest BCUT2D eigenvalue weighted by atomic mass is 32.2. The van der Waals surface area contributed by atoms with E-state index in [4.69, 9.17) is 0 Å². The third-order valence-electron chi connectivity index (χ3n) is 2.71. The van der Waals surface area contributed by atoms with Crippen LogP contribution in [-0.4, -0.2) is 36.6 Å². The molecule has 110 valence electrons. The fraction of sp³-hybridized carbons (Fsp3) is 0.667. The average molecular weight is 306 g/mol. The molecule has 5 nitrogen and oxygen atoms in total. The average Bonchev–Trinajstić information content (AvgIpc) is 2.79. The number of hydrogen-bond acceptors (Lipinski definition) is 4. The third-order valence-corrected chi connectivity index (χ3v) is 4.84. The van der Waals surface area contributed by atoms with E-state index in [1.54, 1.807) is 22.5 Å². The van der Waals surface area contributed by atoms with E-state index in [0.717, 1.165) is 18.6 Å². The largest absolute Gasteiger partial charge is 0.390 e. The van der Waals surface area contributed by atoms with Gasteiger partial charge in [-0.2, -0.15) is 11.8 Å². The molecule has 0 aliphatic heterocycles. The number of aryl methyl sites for hydroxylation is 1. The summed E-state index contributed by atoms with van der Waals surface area (Å²) in [6, 6.07) is 1.53. The van der Waals surface area contributed by atoms with E-state index in [2.05, 4.69) is 4.72 Å². The Morgan fingerprint density at radius 3 is 2.79 bits per heavy atom. The second kappa shape index (κ2) is 7.94. The number of aliphatic hydroxyl groups excluding tert-OH is 1. The summed E-state index contributed by atoms with van der Waals surface area (Å²) < 4.78 is 28.5. The van der Waals surface area contributed by atoms with Crippen LogP contribution in [0.2, 0.25) is 0 Å². The molecule has 0 amide bonds. The van der Waals surface area contributed by atoms with Crippen molar-refractivity contribution in [3.63, 3.8) is 0 Å². The maximum Gasteiger partial charge on any atom is 0.242 e. The second-order valence-corrected chi connectivity index (χ2v) is 7.02. The molecule has 1 aromatic rings. The highest BCUT2D eigenvalue weighted by Crippen LogP contribution is 2.15. The first-order valence-electron chi connectivity index (χ1n) is 6.33. The van der Waals surface area contributed by atoms with Crippen LogP contribution in [-0.2, 0) is 23.2 Å². The zero-order valence-electron chi connectivity index (χ0n) is 11.4. The van der Waals surface area contributed by atoms with Crippen LogP contribution in [0.4, 0.5) is 0 Å². The Kier molecular flexibility index (Phi) is 6.92. The van der Waals surface area contributed by atoms with Gasteiger partial charge in [-0.3, -0.25) is 0 Å². The first-order valence-corrected chi connectivity index (χ1v) is 9.21. The lowest BCUT2D eigenvalue weighted by Crippen LogP contribution is -2.24. The minimum absolute atomic E-state index is 0.151. The maximum atomic E-state index is 12.1. The van der Waals surface area contributed by atoms with Crippen LogP contribution in [0.1, 0.15) is 25.5 Å².